The van der Waals surface area contributed by atoms with Gasteiger partial charge in [-0.2, -0.15) is 10.4 Å². The van der Waals surface area contributed by atoms with Crippen LogP contribution in [0.3, 0.4) is 0 Å². The molecule has 0 saturated carbocycles. The first-order valence-electron chi connectivity index (χ1n) is 6.69. The molecule has 0 heterocycles. The fourth-order valence-electron chi connectivity index (χ4n) is 1.79. The molecular formula is C17H15N3O2. The van der Waals surface area contributed by atoms with E-state index in [4.69, 9.17) is 10.00 Å². The third kappa shape index (κ3) is 4.46. The average Bonchev–Trinajstić information content (AvgIpc) is 2.53. The van der Waals surface area contributed by atoms with Crippen LogP contribution in [-0.2, 0) is 4.79 Å². The first kappa shape index (κ1) is 15.3. The molecular weight excluding hydrogens is 278 g/mol. The van der Waals surface area contributed by atoms with Crippen LogP contribution in [0.5, 0.6) is 5.75 Å². The lowest BCUT2D eigenvalue weighted by molar-refractivity contribution is -0.123. The van der Waals surface area contributed by atoms with E-state index in [0.717, 1.165) is 11.1 Å². The van der Waals surface area contributed by atoms with Gasteiger partial charge in [-0.15, -0.1) is 0 Å². The Morgan fingerprint density at radius 3 is 2.91 bits per heavy atom. The third-order valence-corrected chi connectivity index (χ3v) is 2.81. The van der Waals surface area contributed by atoms with E-state index in [1.165, 1.54) is 0 Å². The summed E-state index contributed by atoms with van der Waals surface area (Å²) in [4.78, 5) is 11.6. The zero-order valence-electron chi connectivity index (χ0n) is 12.1. The first-order valence-corrected chi connectivity index (χ1v) is 6.69. The Balaban J connectivity index is 1.85. The highest BCUT2D eigenvalue weighted by molar-refractivity contribution is 5.83. The minimum Gasteiger partial charge on any atom is -0.482 e. The number of carbonyl (C=O) groups excluding carboxylic acids is 1. The van der Waals surface area contributed by atoms with Crippen LogP contribution in [-0.4, -0.2) is 18.7 Å². The van der Waals surface area contributed by atoms with Gasteiger partial charge in [-0.25, -0.2) is 5.43 Å². The molecule has 0 aliphatic heterocycles. The number of ether oxygens (including phenoxy) is 1. The molecule has 0 saturated heterocycles. The van der Waals surface area contributed by atoms with Gasteiger partial charge in [0.15, 0.2) is 6.61 Å². The van der Waals surface area contributed by atoms with E-state index in [1.54, 1.807) is 30.5 Å². The maximum Gasteiger partial charge on any atom is 0.277 e. The van der Waals surface area contributed by atoms with E-state index in [9.17, 15) is 4.79 Å². The van der Waals surface area contributed by atoms with Crippen molar-refractivity contribution >= 4 is 12.1 Å². The van der Waals surface area contributed by atoms with E-state index < -0.39 is 5.91 Å². The summed E-state index contributed by atoms with van der Waals surface area (Å²) < 4.78 is 5.30. The summed E-state index contributed by atoms with van der Waals surface area (Å²) in [5.41, 5.74) is 4.78. The second-order valence-corrected chi connectivity index (χ2v) is 4.60. The minimum atomic E-state index is -0.392. The Labute approximate surface area is 128 Å². The van der Waals surface area contributed by atoms with Crippen molar-refractivity contribution in [2.45, 2.75) is 6.92 Å². The molecule has 0 aliphatic rings. The fourth-order valence-corrected chi connectivity index (χ4v) is 1.79. The molecule has 0 radical (unpaired) electrons. The molecule has 0 fully saturated rings. The zero-order valence-corrected chi connectivity index (χ0v) is 12.1. The summed E-state index contributed by atoms with van der Waals surface area (Å²) in [5, 5.41) is 12.8. The van der Waals surface area contributed by atoms with Crippen LogP contribution in [0.2, 0.25) is 0 Å². The van der Waals surface area contributed by atoms with Crippen LogP contribution in [0.25, 0.3) is 0 Å². The van der Waals surface area contributed by atoms with Gasteiger partial charge >= 0.3 is 0 Å². The Morgan fingerprint density at radius 2 is 2.14 bits per heavy atom. The van der Waals surface area contributed by atoms with Gasteiger partial charge in [0.25, 0.3) is 5.91 Å². The highest BCUT2D eigenvalue weighted by atomic mass is 16.5. The molecule has 1 amide bonds. The predicted molar refractivity (Wildman–Crippen MR) is 83.6 cm³/mol. The predicted octanol–water partition coefficient (Wildman–Crippen LogP) is 2.40. The number of hydrazone groups is 1. The summed E-state index contributed by atoms with van der Waals surface area (Å²) in [6.45, 7) is 1.78. The second-order valence-electron chi connectivity index (χ2n) is 4.60. The number of rotatable bonds is 5. The lowest BCUT2D eigenvalue weighted by atomic mass is 10.2. The lowest BCUT2D eigenvalue weighted by Gasteiger charge is -2.06. The molecule has 0 unspecified atom stereocenters. The van der Waals surface area contributed by atoms with Crippen molar-refractivity contribution in [2.24, 2.45) is 5.10 Å². The van der Waals surface area contributed by atoms with Gasteiger partial charge in [0.2, 0.25) is 0 Å². The number of amides is 1. The van der Waals surface area contributed by atoms with Crippen molar-refractivity contribution in [3.05, 3.63) is 65.2 Å². The van der Waals surface area contributed by atoms with Gasteiger partial charge in [-0.3, -0.25) is 4.79 Å². The minimum absolute atomic E-state index is 0.205. The van der Waals surface area contributed by atoms with Gasteiger partial charge in [0, 0.05) is 0 Å². The molecule has 0 bridgehead atoms. The summed E-state index contributed by atoms with van der Waals surface area (Å²) >= 11 is 0. The van der Waals surface area contributed by atoms with Crippen molar-refractivity contribution in [1.29, 1.82) is 5.26 Å². The highest BCUT2D eigenvalue weighted by Gasteiger charge is 2.05. The Hall–Kier alpha value is -3.13. The fraction of sp³-hybridized carbons (Fsp3) is 0.118. The Bertz CT molecular complexity index is 733. The smallest absolute Gasteiger partial charge is 0.277 e. The number of benzene rings is 2. The number of hydrogen-bond acceptors (Lipinski definition) is 4. The SMILES string of the molecule is Cc1cccc(/C=N\NC(=O)COc2ccccc2C#N)c1. The molecule has 5 heteroatoms. The van der Waals surface area contributed by atoms with Gasteiger partial charge in [-0.1, -0.05) is 42.0 Å². The van der Waals surface area contributed by atoms with E-state index in [2.05, 4.69) is 10.5 Å². The average molecular weight is 293 g/mol. The van der Waals surface area contributed by atoms with Crippen LogP contribution < -0.4 is 10.2 Å². The van der Waals surface area contributed by atoms with E-state index in [0.29, 0.717) is 11.3 Å². The van der Waals surface area contributed by atoms with Gasteiger partial charge in [-0.05, 0) is 24.6 Å². The zero-order chi connectivity index (χ0) is 15.8. The largest absolute Gasteiger partial charge is 0.482 e. The van der Waals surface area contributed by atoms with E-state index in [-0.39, 0.29) is 6.61 Å². The monoisotopic (exact) mass is 293 g/mol. The maximum absolute atomic E-state index is 11.6. The summed E-state index contributed by atoms with van der Waals surface area (Å²) in [6, 6.07) is 16.5. The molecule has 0 aromatic heterocycles. The van der Waals surface area contributed by atoms with Crippen LogP contribution in [0.4, 0.5) is 0 Å². The van der Waals surface area contributed by atoms with E-state index >= 15 is 0 Å². The van der Waals surface area contributed by atoms with Crippen LogP contribution in [0.1, 0.15) is 16.7 Å². The molecule has 2 aromatic rings. The van der Waals surface area contributed by atoms with Crippen molar-refractivity contribution in [3.63, 3.8) is 0 Å². The van der Waals surface area contributed by atoms with Crippen molar-refractivity contribution < 1.29 is 9.53 Å². The highest BCUT2D eigenvalue weighted by Crippen LogP contribution is 2.16. The van der Waals surface area contributed by atoms with Crippen molar-refractivity contribution in [3.8, 4) is 11.8 Å². The maximum atomic E-state index is 11.6. The molecule has 5 nitrogen and oxygen atoms in total. The summed E-state index contributed by atoms with van der Waals surface area (Å²) in [6.07, 6.45) is 1.56. The summed E-state index contributed by atoms with van der Waals surface area (Å²) in [7, 11) is 0. The number of aryl methyl sites for hydroxylation is 1. The normalized spacial score (nSPS) is 10.2. The van der Waals surface area contributed by atoms with Crippen molar-refractivity contribution in [1.82, 2.24) is 5.43 Å². The number of nitrogens with one attached hydrogen (secondary N) is 1. The molecule has 0 spiro atoms. The topological polar surface area (TPSA) is 74.5 Å². The Morgan fingerprint density at radius 1 is 1.32 bits per heavy atom. The number of nitriles is 1. The van der Waals surface area contributed by atoms with Crippen molar-refractivity contribution in [2.75, 3.05) is 6.61 Å². The quantitative estimate of drug-likeness (QED) is 0.679. The third-order valence-electron chi connectivity index (χ3n) is 2.81. The van der Waals surface area contributed by atoms with Gasteiger partial charge in [0.1, 0.15) is 11.8 Å². The van der Waals surface area contributed by atoms with E-state index in [1.807, 2.05) is 37.3 Å². The summed E-state index contributed by atoms with van der Waals surface area (Å²) in [5.74, 6) is -0.0144. The standard InChI is InChI=1S/C17H15N3O2/c1-13-5-4-6-14(9-13)11-19-20-17(21)12-22-16-8-3-2-7-15(16)10-18/h2-9,11H,12H2,1H3,(H,20,21)/b19-11-. The molecule has 22 heavy (non-hydrogen) atoms. The number of hydrogen-bond donors (Lipinski definition) is 1. The molecule has 2 rings (SSSR count). The van der Waals surface area contributed by atoms with Crippen LogP contribution in [0, 0.1) is 18.3 Å². The van der Waals surface area contributed by atoms with Gasteiger partial charge < -0.3 is 4.74 Å². The Kier molecular flexibility index (Phi) is 5.27. The second kappa shape index (κ2) is 7.60. The van der Waals surface area contributed by atoms with Crippen LogP contribution >= 0.6 is 0 Å². The van der Waals surface area contributed by atoms with Gasteiger partial charge in [0.05, 0.1) is 11.8 Å². The lowest BCUT2D eigenvalue weighted by Crippen LogP contribution is -2.24. The number of para-hydroxylation sites is 1. The molecule has 2 aromatic carbocycles. The molecule has 1 N–H and O–H groups in total. The first-order chi connectivity index (χ1) is 10.7. The number of carbonyl (C=O) groups is 1. The molecule has 110 valence electrons. The molecule has 0 atom stereocenters. The van der Waals surface area contributed by atoms with Crippen LogP contribution in [0.15, 0.2) is 53.6 Å². The molecule has 0 aliphatic carbocycles. The number of nitrogens with zero attached hydrogens (tertiary/aromatic N) is 2.